The maximum Gasteiger partial charge on any atom is 0.313 e. The maximum absolute atomic E-state index is 11.6. The van der Waals surface area contributed by atoms with E-state index in [2.05, 4.69) is 15.6 Å². The second-order valence-electron chi connectivity index (χ2n) is 5.62. The summed E-state index contributed by atoms with van der Waals surface area (Å²) in [5, 5.41) is 14.7. The number of aliphatic hydroxyl groups is 1. The Morgan fingerprint density at radius 2 is 2.05 bits per heavy atom. The van der Waals surface area contributed by atoms with Crippen LogP contribution in [0.25, 0.3) is 0 Å². The van der Waals surface area contributed by atoms with Crippen molar-refractivity contribution in [1.82, 2.24) is 10.3 Å². The number of carbonyl (C=O) groups is 2. The molecule has 1 unspecified atom stereocenters. The molecule has 1 aromatic heterocycles. The Morgan fingerprint density at radius 1 is 1.35 bits per heavy atom. The molecule has 1 rings (SSSR count). The molecule has 1 heterocycles. The van der Waals surface area contributed by atoms with E-state index < -0.39 is 17.9 Å². The Labute approximate surface area is 118 Å². The summed E-state index contributed by atoms with van der Waals surface area (Å²) in [5.74, 6) is -1.47. The fraction of sp³-hybridized carbons (Fsp3) is 0.500. The molecule has 0 saturated carbocycles. The third-order valence-corrected chi connectivity index (χ3v) is 2.83. The van der Waals surface area contributed by atoms with Gasteiger partial charge < -0.3 is 15.7 Å². The van der Waals surface area contributed by atoms with Crippen molar-refractivity contribution >= 4 is 17.5 Å². The zero-order chi connectivity index (χ0) is 15.2. The van der Waals surface area contributed by atoms with E-state index in [1.807, 2.05) is 20.8 Å². The van der Waals surface area contributed by atoms with Gasteiger partial charge in [-0.2, -0.15) is 0 Å². The Bertz CT molecular complexity index is 454. The summed E-state index contributed by atoms with van der Waals surface area (Å²) in [6, 6.07) is 3.30. The smallest absolute Gasteiger partial charge is 0.313 e. The van der Waals surface area contributed by atoms with Crippen LogP contribution in [0.15, 0.2) is 24.5 Å². The first-order valence-electron chi connectivity index (χ1n) is 6.48. The number of aromatic nitrogens is 1. The Hall–Kier alpha value is -1.95. The van der Waals surface area contributed by atoms with E-state index in [-0.39, 0.29) is 12.0 Å². The predicted octanol–water partition coefficient (Wildman–Crippen LogP) is 0.933. The van der Waals surface area contributed by atoms with Crippen molar-refractivity contribution < 1.29 is 14.7 Å². The van der Waals surface area contributed by atoms with Crippen LogP contribution in [0.1, 0.15) is 27.2 Å². The van der Waals surface area contributed by atoms with Crippen LogP contribution in [-0.4, -0.2) is 34.6 Å². The van der Waals surface area contributed by atoms with Gasteiger partial charge in [-0.25, -0.2) is 0 Å². The van der Waals surface area contributed by atoms with Crippen LogP contribution < -0.4 is 10.6 Å². The highest BCUT2D eigenvalue weighted by Crippen LogP contribution is 2.20. The van der Waals surface area contributed by atoms with Gasteiger partial charge in [-0.3, -0.25) is 14.6 Å². The fourth-order valence-corrected chi connectivity index (χ4v) is 1.46. The molecule has 110 valence electrons. The van der Waals surface area contributed by atoms with Crippen LogP contribution in [0.2, 0.25) is 0 Å². The van der Waals surface area contributed by atoms with E-state index >= 15 is 0 Å². The van der Waals surface area contributed by atoms with Gasteiger partial charge in [0, 0.05) is 12.7 Å². The lowest BCUT2D eigenvalue weighted by atomic mass is 9.87. The molecule has 0 fully saturated rings. The zero-order valence-electron chi connectivity index (χ0n) is 12.0. The number of pyridine rings is 1. The second kappa shape index (κ2) is 7.00. The number of amides is 2. The average Bonchev–Trinajstić information content (AvgIpc) is 2.38. The molecule has 1 atom stereocenters. The van der Waals surface area contributed by atoms with Crippen LogP contribution in [0.4, 0.5) is 5.69 Å². The minimum atomic E-state index is -0.747. The van der Waals surface area contributed by atoms with Crippen LogP contribution in [-0.2, 0) is 9.59 Å². The van der Waals surface area contributed by atoms with Gasteiger partial charge in [0.15, 0.2) is 0 Å². The van der Waals surface area contributed by atoms with Gasteiger partial charge >= 0.3 is 11.8 Å². The first-order chi connectivity index (χ1) is 9.30. The van der Waals surface area contributed by atoms with Crippen LogP contribution in [0.5, 0.6) is 0 Å². The quantitative estimate of drug-likeness (QED) is 0.715. The zero-order valence-corrected chi connectivity index (χ0v) is 12.0. The third kappa shape index (κ3) is 5.36. The van der Waals surface area contributed by atoms with Crippen molar-refractivity contribution in [3.8, 4) is 0 Å². The predicted molar refractivity (Wildman–Crippen MR) is 76.0 cm³/mol. The molecule has 3 N–H and O–H groups in total. The summed E-state index contributed by atoms with van der Waals surface area (Å²) in [6.07, 6.45) is 2.89. The number of hydrogen-bond donors (Lipinski definition) is 3. The van der Waals surface area contributed by atoms with Gasteiger partial charge in [0.05, 0.1) is 18.0 Å². The van der Waals surface area contributed by atoms with Gasteiger partial charge in [0.2, 0.25) is 0 Å². The standard InChI is InChI=1S/C14H21N3O3/c1-14(2,3)11(18)6-8-16-12(19)13(20)17-10-5-4-7-15-9-10/h4-5,7,9,11,18H,6,8H2,1-3H3,(H,16,19)(H,17,20). The molecular formula is C14H21N3O3. The van der Waals surface area contributed by atoms with E-state index in [4.69, 9.17) is 0 Å². The largest absolute Gasteiger partial charge is 0.393 e. The van der Waals surface area contributed by atoms with E-state index in [1.165, 1.54) is 6.20 Å². The number of carbonyl (C=O) groups excluding carboxylic acids is 2. The lowest BCUT2D eigenvalue weighted by Gasteiger charge is -2.25. The van der Waals surface area contributed by atoms with E-state index in [0.29, 0.717) is 12.1 Å². The summed E-state index contributed by atoms with van der Waals surface area (Å²) in [5.41, 5.74) is 0.213. The number of hydrogen-bond acceptors (Lipinski definition) is 4. The minimum Gasteiger partial charge on any atom is -0.393 e. The molecule has 0 bridgehead atoms. The van der Waals surface area contributed by atoms with Gasteiger partial charge in [-0.05, 0) is 24.0 Å². The Kier molecular flexibility index (Phi) is 5.64. The first-order valence-corrected chi connectivity index (χ1v) is 6.48. The summed E-state index contributed by atoms with van der Waals surface area (Å²) in [4.78, 5) is 27.0. The monoisotopic (exact) mass is 279 g/mol. The average molecular weight is 279 g/mol. The number of aliphatic hydroxyl groups excluding tert-OH is 1. The van der Waals surface area contributed by atoms with Crippen LogP contribution in [0.3, 0.4) is 0 Å². The molecule has 0 spiro atoms. The van der Waals surface area contributed by atoms with Crippen LogP contribution in [0, 0.1) is 5.41 Å². The van der Waals surface area contributed by atoms with Crippen molar-refractivity contribution in [2.75, 3.05) is 11.9 Å². The highest BCUT2D eigenvalue weighted by atomic mass is 16.3. The van der Waals surface area contributed by atoms with Gasteiger partial charge in [0.1, 0.15) is 0 Å². The van der Waals surface area contributed by atoms with Crippen molar-refractivity contribution in [1.29, 1.82) is 0 Å². The Morgan fingerprint density at radius 3 is 2.60 bits per heavy atom. The van der Waals surface area contributed by atoms with E-state index in [1.54, 1.807) is 18.3 Å². The first kappa shape index (κ1) is 16.1. The Balaban J connectivity index is 2.34. The van der Waals surface area contributed by atoms with Crippen molar-refractivity contribution in [3.05, 3.63) is 24.5 Å². The molecule has 6 heteroatoms. The molecule has 0 radical (unpaired) electrons. The van der Waals surface area contributed by atoms with E-state index in [9.17, 15) is 14.7 Å². The summed E-state index contributed by atoms with van der Waals surface area (Å²) in [7, 11) is 0. The van der Waals surface area contributed by atoms with Crippen molar-refractivity contribution in [2.45, 2.75) is 33.3 Å². The molecule has 6 nitrogen and oxygen atoms in total. The van der Waals surface area contributed by atoms with E-state index in [0.717, 1.165) is 0 Å². The SMILES string of the molecule is CC(C)(C)C(O)CCNC(=O)C(=O)Nc1cccnc1. The molecule has 0 saturated heterocycles. The molecule has 0 aliphatic carbocycles. The topological polar surface area (TPSA) is 91.3 Å². The minimum absolute atomic E-state index is 0.247. The summed E-state index contributed by atoms with van der Waals surface area (Å²) in [6.45, 7) is 5.98. The molecular weight excluding hydrogens is 258 g/mol. The lowest BCUT2D eigenvalue weighted by Crippen LogP contribution is -2.38. The number of nitrogens with one attached hydrogen (secondary N) is 2. The normalized spacial score (nSPS) is 12.6. The molecule has 1 aromatic rings. The van der Waals surface area contributed by atoms with Gasteiger partial charge in [-0.1, -0.05) is 20.8 Å². The fourth-order valence-electron chi connectivity index (χ4n) is 1.46. The summed E-state index contributed by atoms with van der Waals surface area (Å²) >= 11 is 0. The number of nitrogens with zero attached hydrogens (tertiary/aromatic N) is 1. The van der Waals surface area contributed by atoms with Crippen LogP contribution >= 0.6 is 0 Å². The lowest BCUT2D eigenvalue weighted by molar-refractivity contribution is -0.136. The summed E-state index contributed by atoms with van der Waals surface area (Å²) < 4.78 is 0. The molecule has 0 aliphatic heterocycles. The molecule has 0 aliphatic rings. The highest BCUT2D eigenvalue weighted by molar-refractivity contribution is 6.39. The molecule has 0 aromatic carbocycles. The molecule has 2 amide bonds. The van der Waals surface area contributed by atoms with Crippen molar-refractivity contribution in [2.24, 2.45) is 5.41 Å². The number of rotatable bonds is 4. The maximum atomic E-state index is 11.6. The second-order valence-corrected chi connectivity index (χ2v) is 5.62. The third-order valence-electron chi connectivity index (χ3n) is 2.83. The molecule has 20 heavy (non-hydrogen) atoms. The van der Waals surface area contributed by atoms with Gasteiger partial charge in [-0.15, -0.1) is 0 Å². The highest BCUT2D eigenvalue weighted by Gasteiger charge is 2.22. The van der Waals surface area contributed by atoms with Crippen molar-refractivity contribution in [3.63, 3.8) is 0 Å². The number of anilines is 1. The van der Waals surface area contributed by atoms with Gasteiger partial charge in [0.25, 0.3) is 0 Å².